The molecule has 1 aliphatic heterocycles. The van der Waals surface area contributed by atoms with Crippen molar-refractivity contribution in [3.63, 3.8) is 0 Å². The fraction of sp³-hybridized carbons (Fsp3) is 0.250. The number of hydrogen-bond acceptors (Lipinski definition) is 3. The third-order valence-electron chi connectivity index (χ3n) is 4.32. The van der Waals surface area contributed by atoms with Crippen LogP contribution in [-0.4, -0.2) is 29.2 Å². The minimum absolute atomic E-state index is 0.175. The van der Waals surface area contributed by atoms with E-state index in [9.17, 15) is 14.4 Å². The zero-order chi connectivity index (χ0) is 18.0. The molecule has 0 spiro atoms. The van der Waals surface area contributed by atoms with E-state index in [1.165, 1.54) is 0 Å². The Balaban J connectivity index is 1.73. The summed E-state index contributed by atoms with van der Waals surface area (Å²) < 4.78 is 0. The molecule has 2 aromatic rings. The molecule has 3 rings (SSSR count). The number of fused-ring (bicyclic) bond motifs is 1. The van der Waals surface area contributed by atoms with Crippen molar-refractivity contribution in [1.29, 1.82) is 0 Å². The smallest absolute Gasteiger partial charge is 0.262 e. The van der Waals surface area contributed by atoms with E-state index in [1.807, 2.05) is 44.2 Å². The molecule has 2 aromatic carbocycles. The van der Waals surface area contributed by atoms with Gasteiger partial charge < -0.3 is 5.32 Å². The standard InChI is InChI=1S/C20H20N2O3/c1-13(2)18(14-8-4-3-5-9-14)21-17(23)12-22-19(24)15-10-6-7-11-16(15)20(22)25/h3-11,13,18H,12H2,1-2H3,(H,21,23)/t18-/m1/s1. The first-order chi connectivity index (χ1) is 12.0. The quantitative estimate of drug-likeness (QED) is 0.854. The Morgan fingerprint density at radius 2 is 1.44 bits per heavy atom. The molecule has 3 amide bonds. The summed E-state index contributed by atoms with van der Waals surface area (Å²) in [5.41, 5.74) is 1.70. The van der Waals surface area contributed by atoms with Crippen LogP contribution in [0.1, 0.15) is 46.2 Å². The largest absolute Gasteiger partial charge is 0.347 e. The van der Waals surface area contributed by atoms with Crippen molar-refractivity contribution in [2.24, 2.45) is 5.92 Å². The molecule has 128 valence electrons. The Hall–Kier alpha value is -2.95. The number of rotatable bonds is 5. The van der Waals surface area contributed by atoms with Crippen LogP contribution in [0.5, 0.6) is 0 Å². The molecule has 1 aliphatic rings. The van der Waals surface area contributed by atoms with Gasteiger partial charge in [0.15, 0.2) is 0 Å². The van der Waals surface area contributed by atoms with Gasteiger partial charge in [-0.3, -0.25) is 19.3 Å². The zero-order valence-electron chi connectivity index (χ0n) is 14.2. The highest BCUT2D eigenvalue weighted by Gasteiger charge is 2.36. The van der Waals surface area contributed by atoms with Crippen molar-refractivity contribution in [3.05, 3.63) is 71.3 Å². The first kappa shape index (κ1) is 16.9. The van der Waals surface area contributed by atoms with Crippen molar-refractivity contribution >= 4 is 17.7 Å². The Bertz CT molecular complexity index is 780. The summed E-state index contributed by atoms with van der Waals surface area (Å²) in [6.45, 7) is 3.75. The molecular weight excluding hydrogens is 316 g/mol. The summed E-state index contributed by atoms with van der Waals surface area (Å²) in [4.78, 5) is 38.2. The lowest BCUT2D eigenvalue weighted by atomic mass is 9.96. The van der Waals surface area contributed by atoms with Crippen LogP contribution in [0.2, 0.25) is 0 Å². The highest BCUT2D eigenvalue weighted by molar-refractivity contribution is 6.22. The average molecular weight is 336 g/mol. The molecule has 0 radical (unpaired) electrons. The van der Waals surface area contributed by atoms with Crippen LogP contribution < -0.4 is 5.32 Å². The van der Waals surface area contributed by atoms with Gasteiger partial charge in [-0.05, 0) is 23.6 Å². The average Bonchev–Trinajstić information content (AvgIpc) is 2.85. The topological polar surface area (TPSA) is 66.5 Å². The Morgan fingerprint density at radius 1 is 0.920 bits per heavy atom. The maximum atomic E-state index is 12.5. The minimum atomic E-state index is -0.420. The van der Waals surface area contributed by atoms with Crippen molar-refractivity contribution < 1.29 is 14.4 Å². The first-order valence-electron chi connectivity index (χ1n) is 8.28. The van der Waals surface area contributed by atoms with E-state index in [1.54, 1.807) is 24.3 Å². The second-order valence-electron chi connectivity index (χ2n) is 6.44. The fourth-order valence-corrected chi connectivity index (χ4v) is 3.04. The molecule has 0 aliphatic carbocycles. The van der Waals surface area contributed by atoms with Gasteiger partial charge in [0.25, 0.3) is 11.8 Å². The van der Waals surface area contributed by atoms with Crippen molar-refractivity contribution in [3.8, 4) is 0 Å². The van der Waals surface area contributed by atoms with E-state index in [2.05, 4.69) is 5.32 Å². The second kappa shape index (κ2) is 6.89. The number of carbonyl (C=O) groups excluding carboxylic acids is 3. The van der Waals surface area contributed by atoms with Crippen LogP contribution in [0.3, 0.4) is 0 Å². The molecule has 5 nitrogen and oxygen atoms in total. The predicted octanol–water partition coefficient (Wildman–Crippen LogP) is 2.80. The van der Waals surface area contributed by atoms with E-state index >= 15 is 0 Å². The number of hydrogen-bond donors (Lipinski definition) is 1. The van der Waals surface area contributed by atoms with Crippen molar-refractivity contribution in [1.82, 2.24) is 10.2 Å². The molecule has 25 heavy (non-hydrogen) atoms. The molecular formula is C20H20N2O3. The molecule has 1 heterocycles. The van der Waals surface area contributed by atoms with Gasteiger partial charge in [-0.1, -0.05) is 56.3 Å². The van der Waals surface area contributed by atoms with Crippen LogP contribution >= 0.6 is 0 Å². The Morgan fingerprint density at radius 3 is 1.96 bits per heavy atom. The molecule has 5 heteroatoms. The number of amides is 3. The highest BCUT2D eigenvalue weighted by Crippen LogP contribution is 2.23. The third-order valence-corrected chi connectivity index (χ3v) is 4.32. The van der Waals surface area contributed by atoms with Crippen molar-refractivity contribution in [2.45, 2.75) is 19.9 Å². The predicted molar refractivity (Wildman–Crippen MR) is 94.0 cm³/mol. The normalized spacial score (nSPS) is 14.6. The summed E-state index contributed by atoms with van der Waals surface area (Å²) in [5.74, 6) is -1.02. The molecule has 1 atom stereocenters. The van der Waals surface area contributed by atoms with E-state index in [0.29, 0.717) is 11.1 Å². The molecule has 0 aromatic heterocycles. The first-order valence-corrected chi connectivity index (χ1v) is 8.28. The molecule has 0 unspecified atom stereocenters. The Labute approximate surface area is 146 Å². The summed E-state index contributed by atoms with van der Waals surface area (Å²) >= 11 is 0. The SMILES string of the molecule is CC(C)[C@@H](NC(=O)CN1C(=O)c2ccccc2C1=O)c1ccccc1. The summed E-state index contributed by atoms with van der Waals surface area (Å²) in [7, 11) is 0. The lowest BCUT2D eigenvalue weighted by Crippen LogP contribution is -2.42. The summed E-state index contributed by atoms with van der Waals surface area (Å²) in [6.07, 6.45) is 0. The Kier molecular flexibility index (Phi) is 4.65. The number of carbonyl (C=O) groups is 3. The molecule has 1 N–H and O–H groups in total. The van der Waals surface area contributed by atoms with E-state index in [0.717, 1.165) is 10.5 Å². The number of imide groups is 1. The van der Waals surface area contributed by atoms with Crippen molar-refractivity contribution in [2.75, 3.05) is 6.54 Å². The lowest BCUT2D eigenvalue weighted by Gasteiger charge is -2.24. The summed E-state index contributed by atoms with van der Waals surface area (Å²) in [5, 5.41) is 2.94. The van der Waals surface area contributed by atoms with Crippen LogP contribution in [0.25, 0.3) is 0 Å². The van der Waals surface area contributed by atoms with Crippen LogP contribution in [0, 0.1) is 5.92 Å². The minimum Gasteiger partial charge on any atom is -0.347 e. The van der Waals surface area contributed by atoms with Gasteiger partial charge in [0.2, 0.25) is 5.91 Å². The fourth-order valence-electron chi connectivity index (χ4n) is 3.04. The third kappa shape index (κ3) is 3.31. The maximum absolute atomic E-state index is 12.5. The van der Waals surface area contributed by atoms with Gasteiger partial charge >= 0.3 is 0 Å². The van der Waals surface area contributed by atoms with E-state index in [-0.39, 0.29) is 24.4 Å². The number of benzene rings is 2. The second-order valence-corrected chi connectivity index (χ2v) is 6.44. The van der Waals surface area contributed by atoms with Gasteiger partial charge in [0, 0.05) is 0 Å². The van der Waals surface area contributed by atoms with Crippen LogP contribution in [0.4, 0.5) is 0 Å². The van der Waals surface area contributed by atoms with Crippen LogP contribution in [-0.2, 0) is 4.79 Å². The molecule has 0 fully saturated rings. The van der Waals surface area contributed by atoms with Gasteiger partial charge in [0.05, 0.1) is 17.2 Å². The van der Waals surface area contributed by atoms with Gasteiger partial charge in [0.1, 0.15) is 6.54 Å². The monoisotopic (exact) mass is 336 g/mol. The van der Waals surface area contributed by atoms with E-state index < -0.39 is 11.8 Å². The maximum Gasteiger partial charge on any atom is 0.262 e. The lowest BCUT2D eigenvalue weighted by molar-refractivity contribution is -0.122. The number of nitrogens with zero attached hydrogens (tertiary/aromatic N) is 1. The number of nitrogens with one attached hydrogen (secondary N) is 1. The molecule has 0 bridgehead atoms. The zero-order valence-corrected chi connectivity index (χ0v) is 14.2. The van der Waals surface area contributed by atoms with Gasteiger partial charge in [-0.25, -0.2) is 0 Å². The van der Waals surface area contributed by atoms with Gasteiger partial charge in [-0.2, -0.15) is 0 Å². The van der Waals surface area contributed by atoms with Crippen LogP contribution in [0.15, 0.2) is 54.6 Å². The summed E-state index contributed by atoms with van der Waals surface area (Å²) in [6, 6.07) is 16.1. The van der Waals surface area contributed by atoms with Gasteiger partial charge in [-0.15, -0.1) is 0 Å². The molecule has 0 saturated carbocycles. The van der Waals surface area contributed by atoms with E-state index in [4.69, 9.17) is 0 Å². The highest BCUT2D eigenvalue weighted by atomic mass is 16.2. The molecule has 0 saturated heterocycles.